The number of aromatic nitrogens is 3. The summed E-state index contributed by atoms with van der Waals surface area (Å²) in [4.78, 5) is 22.6. The lowest BCUT2D eigenvalue weighted by molar-refractivity contribution is -0.385. The smallest absolute Gasteiger partial charge is 0.307 e. The molecule has 1 amide bonds. The highest BCUT2D eigenvalue weighted by atomic mass is 35.5. The van der Waals surface area contributed by atoms with Crippen LogP contribution in [0.2, 0.25) is 5.02 Å². The lowest BCUT2D eigenvalue weighted by Gasteiger charge is -2.05. The van der Waals surface area contributed by atoms with Gasteiger partial charge >= 0.3 is 5.69 Å². The fourth-order valence-electron chi connectivity index (χ4n) is 2.21. The van der Waals surface area contributed by atoms with Crippen LogP contribution in [0.15, 0.2) is 41.2 Å². The van der Waals surface area contributed by atoms with Crippen LogP contribution in [0, 0.1) is 17.0 Å². The molecule has 0 aliphatic rings. The van der Waals surface area contributed by atoms with Gasteiger partial charge in [0.05, 0.1) is 11.5 Å². The number of anilines is 1. The van der Waals surface area contributed by atoms with Crippen LogP contribution < -0.4 is 5.32 Å². The number of hydrogen-bond acceptors (Lipinski definition) is 6. The molecule has 0 spiro atoms. The molecule has 0 saturated heterocycles. The Labute approximate surface area is 146 Å². The van der Waals surface area contributed by atoms with Gasteiger partial charge in [-0.15, -0.1) is 0 Å². The summed E-state index contributed by atoms with van der Waals surface area (Å²) in [6.45, 7) is 1.76. The van der Waals surface area contributed by atoms with E-state index in [1.165, 1.54) is 10.9 Å². The van der Waals surface area contributed by atoms with Crippen LogP contribution in [-0.2, 0) is 6.54 Å². The third kappa shape index (κ3) is 3.66. The highest BCUT2D eigenvalue weighted by molar-refractivity contribution is 6.30. The summed E-state index contributed by atoms with van der Waals surface area (Å²) in [7, 11) is 0. The zero-order valence-electron chi connectivity index (χ0n) is 13.0. The molecule has 0 aliphatic heterocycles. The quantitative estimate of drug-likeness (QED) is 0.551. The molecular formula is C15H12ClN5O4. The molecule has 9 nitrogen and oxygen atoms in total. The monoisotopic (exact) mass is 361 g/mol. The van der Waals surface area contributed by atoms with Crippen LogP contribution in [0.4, 0.5) is 11.4 Å². The maximum Gasteiger partial charge on any atom is 0.307 e. The Balaban J connectivity index is 1.83. The first-order valence-electron chi connectivity index (χ1n) is 7.13. The minimum atomic E-state index is -0.545. The number of rotatable bonds is 5. The number of nitrogens with one attached hydrogen (secondary N) is 1. The molecule has 25 heavy (non-hydrogen) atoms. The summed E-state index contributed by atoms with van der Waals surface area (Å²) in [5, 5.41) is 21.6. The zero-order valence-corrected chi connectivity index (χ0v) is 13.7. The van der Waals surface area contributed by atoms with Crippen molar-refractivity contribution in [3.63, 3.8) is 0 Å². The van der Waals surface area contributed by atoms with Crippen LogP contribution >= 0.6 is 11.6 Å². The first-order chi connectivity index (χ1) is 11.9. The lowest BCUT2D eigenvalue weighted by Crippen LogP contribution is -2.16. The van der Waals surface area contributed by atoms with E-state index in [1.54, 1.807) is 31.2 Å². The summed E-state index contributed by atoms with van der Waals surface area (Å²) in [5.41, 5.74) is 0.936. The lowest BCUT2D eigenvalue weighted by atomic mass is 10.2. The van der Waals surface area contributed by atoms with Crippen LogP contribution in [-0.4, -0.2) is 25.8 Å². The Morgan fingerprint density at radius 2 is 2.28 bits per heavy atom. The molecule has 128 valence electrons. The molecule has 3 aromatic rings. The summed E-state index contributed by atoms with van der Waals surface area (Å²) < 4.78 is 6.43. The molecule has 10 heteroatoms. The van der Waals surface area contributed by atoms with Crippen molar-refractivity contribution in [1.82, 2.24) is 14.9 Å². The Morgan fingerprint density at radius 1 is 1.48 bits per heavy atom. The fourth-order valence-corrected chi connectivity index (χ4v) is 2.40. The average molecular weight is 362 g/mol. The first-order valence-corrected chi connectivity index (χ1v) is 7.51. The topological polar surface area (TPSA) is 116 Å². The predicted molar refractivity (Wildman–Crippen MR) is 88.6 cm³/mol. The fraction of sp³-hybridized carbons (Fsp3) is 0.133. The van der Waals surface area contributed by atoms with Gasteiger partial charge in [0.15, 0.2) is 5.69 Å². The molecule has 0 atom stereocenters. The average Bonchev–Trinajstić information content (AvgIpc) is 3.16. The number of nitrogens with zero attached hydrogens (tertiary/aromatic N) is 4. The Bertz CT molecular complexity index is 949. The predicted octanol–water partition coefficient (Wildman–Crippen LogP) is 3.04. The first kappa shape index (κ1) is 16.7. The van der Waals surface area contributed by atoms with Gasteiger partial charge in [-0.25, -0.2) is 0 Å². The van der Waals surface area contributed by atoms with E-state index in [2.05, 4.69) is 15.6 Å². The summed E-state index contributed by atoms with van der Waals surface area (Å²) in [6, 6.07) is 6.68. The minimum absolute atomic E-state index is 0.0793. The number of nitro groups is 1. The van der Waals surface area contributed by atoms with Gasteiger partial charge in [-0.2, -0.15) is 5.10 Å². The SMILES string of the molecule is Cc1onc(C(=O)Nc2cccc(Cl)c2)c1Cn1cc([N+](=O)[O-])cn1. The number of carbonyl (C=O) groups is 1. The van der Waals surface area contributed by atoms with Gasteiger partial charge in [0.1, 0.15) is 18.2 Å². The molecule has 0 unspecified atom stereocenters. The number of benzene rings is 1. The third-order valence-electron chi connectivity index (χ3n) is 3.43. The molecule has 3 rings (SSSR count). The normalized spacial score (nSPS) is 10.6. The molecule has 0 bridgehead atoms. The van der Waals surface area contributed by atoms with Crippen molar-refractivity contribution in [3.8, 4) is 0 Å². The van der Waals surface area contributed by atoms with Crippen molar-refractivity contribution in [2.75, 3.05) is 5.32 Å². The molecule has 0 saturated carbocycles. The van der Waals surface area contributed by atoms with Gasteiger partial charge in [-0.1, -0.05) is 22.8 Å². The van der Waals surface area contributed by atoms with E-state index in [4.69, 9.17) is 16.1 Å². The van der Waals surface area contributed by atoms with Crippen LogP contribution in [0.25, 0.3) is 0 Å². The molecular weight excluding hydrogens is 350 g/mol. The Morgan fingerprint density at radius 3 is 2.96 bits per heavy atom. The molecule has 0 radical (unpaired) electrons. The van der Waals surface area contributed by atoms with Crippen LogP contribution in [0.3, 0.4) is 0 Å². The van der Waals surface area contributed by atoms with Gasteiger partial charge in [-0.05, 0) is 25.1 Å². The van der Waals surface area contributed by atoms with E-state index in [9.17, 15) is 14.9 Å². The van der Waals surface area contributed by atoms with Gasteiger partial charge in [0.2, 0.25) is 0 Å². The number of aryl methyl sites for hydroxylation is 1. The van der Waals surface area contributed by atoms with E-state index >= 15 is 0 Å². The van der Waals surface area contributed by atoms with Crippen molar-refractivity contribution >= 4 is 28.9 Å². The van der Waals surface area contributed by atoms with Crippen molar-refractivity contribution in [2.45, 2.75) is 13.5 Å². The summed E-state index contributed by atoms with van der Waals surface area (Å²) in [6.07, 6.45) is 2.40. The van der Waals surface area contributed by atoms with Gasteiger partial charge in [0, 0.05) is 16.3 Å². The second-order valence-electron chi connectivity index (χ2n) is 5.18. The Hall–Kier alpha value is -3.20. The van der Waals surface area contributed by atoms with E-state index in [-0.39, 0.29) is 17.9 Å². The van der Waals surface area contributed by atoms with E-state index in [0.29, 0.717) is 22.0 Å². The molecule has 0 aliphatic carbocycles. The van der Waals surface area contributed by atoms with Gasteiger partial charge < -0.3 is 9.84 Å². The molecule has 1 aromatic carbocycles. The van der Waals surface area contributed by atoms with Gasteiger partial charge in [0.25, 0.3) is 5.91 Å². The Kier molecular flexibility index (Phi) is 4.48. The second-order valence-corrected chi connectivity index (χ2v) is 5.62. The molecule has 2 heterocycles. The van der Waals surface area contributed by atoms with Crippen LogP contribution in [0.5, 0.6) is 0 Å². The zero-order chi connectivity index (χ0) is 18.0. The molecule has 1 N–H and O–H groups in total. The van der Waals surface area contributed by atoms with Crippen LogP contribution in [0.1, 0.15) is 21.8 Å². The van der Waals surface area contributed by atoms with E-state index in [1.807, 2.05) is 0 Å². The third-order valence-corrected chi connectivity index (χ3v) is 3.67. The second kappa shape index (κ2) is 6.73. The minimum Gasteiger partial charge on any atom is -0.361 e. The number of halogens is 1. The standard InChI is InChI=1S/C15H12ClN5O4/c1-9-13(8-20-7-12(6-17-20)21(23)24)14(19-25-9)15(22)18-11-4-2-3-10(16)5-11/h2-7H,8H2,1H3,(H,18,22). The van der Waals surface area contributed by atoms with Crippen molar-refractivity contribution in [2.24, 2.45) is 0 Å². The summed E-state index contributed by atoms with van der Waals surface area (Å²) >= 11 is 5.89. The van der Waals surface area contributed by atoms with Crippen molar-refractivity contribution in [3.05, 3.63) is 68.8 Å². The maximum absolute atomic E-state index is 12.4. The summed E-state index contributed by atoms with van der Waals surface area (Å²) in [5.74, 6) is -0.0508. The molecule has 2 aromatic heterocycles. The number of carbonyl (C=O) groups excluding carboxylic acids is 1. The molecule has 0 fully saturated rings. The van der Waals surface area contributed by atoms with Gasteiger partial charge in [-0.3, -0.25) is 19.6 Å². The van der Waals surface area contributed by atoms with E-state index in [0.717, 1.165) is 6.20 Å². The maximum atomic E-state index is 12.4. The highest BCUT2D eigenvalue weighted by Gasteiger charge is 2.21. The highest BCUT2D eigenvalue weighted by Crippen LogP contribution is 2.20. The van der Waals surface area contributed by atoms with Crippen molar-refractivity contribution in [1.29, 1.82) is 0 Å². The van der Waals surface area contributed by atoms with E-state index < -0.39 is 10.8 Å². The number of hydrogen-bond donors (Lipinski definition) is 1. The van der Waals surface area contributed by atoms with Crippen molar-refractivity contribution < 1.29 is 14.2 Å². The largest absolute Gasteiger partial charge is 0.361 e. The number of amides is 1.